The molecule has 2 nitrogen and oxygen atoms in total. The van der Waals surface area contributed by atoms with Gasteiger partial charge >= 0.3 is 0 Å². The molecule has 0 bridgehead atoms. The molecule has 0 aromatic heterocycles. The molecule has 1 aromatic rings. The molecule has 1 aromatic carbocycles. The molecule has 0 saturated heterocycles. The second kappa shape index (κ2) is 5.21. The molecule has 2 aliphatic heterocycles. The van der Waals surface area contributed by atoms with Gasteiger partial charge in [-0.15, -0.1) is 11.8 Å². The standard InChI is InChI=1S/C15H17NOS/c17-11-13-3-1-2-12(8-13)9-16-6-4-15-14(10-16)5-7-18-15/h1-4,6,8,17H,5,7,9-11H2. The highest BCUT2D eigenvalue weighted by molar-refractivity contribution is 8.03. The monoisotopic (exact) mass is 259 g/mol. The topological polar surface area (TPSA) is 23.5 Å². The van der Waals surface area contributed by atoms with Crippen LogP contribution in [0.4, 0.5) is 0 Å². The molecule has 94 valence electrons. The molecule has 0 aliphatic carbocycles. The lowest BCUT2D eigenvalue weighted by Gasteiger charge is -2.25. The van der Waals surface area contributed by atoms with Gasteiger partial charge in [-0.05, 0) is 29.2 Å². The molecule has 1 N–H and O–H groups in total. The van der Waals surface area contributed by atoms with Gasteiger partial charge in [-0.3, -0.25) is 0 Å². The summed E-state index contributed by atoms with van der Waals surface area (Å²) in [5.74, 6) is 1.24. The van der Waals surface area contributed by atoms with Crippen LogP contribution in [0.3, 0.4) is 0 Å². The summed E-state index contributed by atoms with van der Waals surface area (Å²) in [6, 6.07) is 8.19. The number of thioether (sulfide) groups is 1. The Morgan fingerprint density at radius 2 is 2.17 bits per heavy atom. The van der Waals surface area contributed by atoms with E-state index >= 15 is 0 Å². The van der Waals surface area contributed by atoms with Crippen LogP contribution in [-0.2, 0) is 13.2 Å². The lowest BCUT2D eigenvalue weighted by atomic mass is 10.1. The highest BCUT2D eigenvalue weighted by Crippen LogP contribution is 2.35. The molecule has 0 unspecified atom stereocenters. The number of aliphatic hydroxyl groups is 1. The van der Waals surface area contributed by atoms with E-state index in [9.17, 15) is 0 Å². The van der Waals surface area contributed by atoms with Crippen molar-refractivity contribution in [1.29, 1.82) is 0 Å². The summed E-state index contributed by atoms with van der Waals surface area (Å²) in [7, 11) is 0. The van der Waals surface area contributed by atoms with Crippen LogP contribution < -0.4 is 0 Å². The first kappa shape index (κ1) is 11.9. The van der Waals surface area contributed by atoms with E-state index in [0.29, 0.717) is 0 Å². The molecule has 18 heavy (non-hydrogen) atoms. The number of rotatable bonds is 3. The van der Waals surface area contributed by atoms with E-state index in [1.807, 2.05) is 23.9 Å². The Kier molecular flexibility index (Phi) is 3.43. The van der Waals surface area contributed by atoms with Gasteiger partial charge in [0.2, 0.25) is 0 Å². The molecule has 0 saturated carbocycles. The zero-order valence-corrected chi connectivity index (χ0v) is 11.1. The number of allylic oxidation sites excluding steroid dienone is 1. The van der Waals surface area contributed by atoms with Gasteiger partial charge in [0, 0.05) is 29.9 Å². The minimum atomic E-state index is 0.121. The number of nitrogens with zero attached hydrogens (tertiary/aromatic N) is 1. The van der Waals surface area contributed by atoms with Crippen LogP contribution in [-0.4, -0.2) is 22.3 Å². The predicted octanol–water partition coefficient (Wildman–Crippen LogP) is 2.90. The Labute approximate surface area is 112 Å². The Morgan fingerprint density at radius 3 is 3.06 bits per heavy atom. The molecule has 0 amide bonds. The third-order valence-electron chi connectivity index (χ3n) is 3.40. The highest BCUT2D eigenvalue weighted by Gasteiger charge is 2.18. The maximum atomic E-state index is 9.15. The van der Waals surface area contributed by atoms with Crippen molar-refractivity contribution in [3.05, 3.63) is 58.1 Å². The van der Waals surface area contributed by atoms with E-state index < -0.39 is 0 Å². The molecule has 2 heterocycles. The van der Waals surface area contributed by atoms with E-state index in [0.717, 1.165) is 18.7 Å². The number of aliphatic hydroxyl groups excluding tert-OH is 1. The minimum absolute atomic E-state index is 0.121. The van der Waals surface area contributed by atoms with Gasteiger partial charge in [-0.25, -0.2) is 0 Å². The fourth-order valence-electron chi connectivity index (χ4n) is 2.47. The van der Waals surface area contributed by atoms with Crippen LogP contribution in [0.5, 0.6) is 0 Å². The fourth-order valence-corrected chi connectivity index (χ4v) is 3.57. The quantitative estimate of drug-likeness (QED) is 0.903. The van der Waals surface area contributed by atoms with Crippen molar-refractivity contribution >= 4 is 11.8 Å². The van der Waals surface area contributed by atoms with Gasteiger partial charge in [0.25, 0.3) is 0 Å². The van der Waals surface area contributed by atoms with Crippen molar-refractivity contribution in [2.24, 2.45) is 0 Å². The van der Waals surface area contributed by atoms with Crippen LogP contribution in [0.15, 0.2) is 47.0 Å². The first-order valence-electron chi connectivity index (χ1n) is 6.31. The SMILES string of the molecule is OCc1cccc(CN2C=CC3=C(CCS3)C2)c1. The van der Waals surface area contributed by atoms with Gasteiger partial charge in [0.15, 0.2) is 0 Å². The van der Waals surface area contributed by atoms with Crippen molar-refractivity contribution in [3.63, 3.8) is 0 Å². The summed E-state index contributed by atoms with van der Waals surface area (Å²) in [5.41, 5.74) is 3.84. The van der Waals surface area contributed by atoms with Crippen LogP contribution in [0.1, 0.15) is 17.5 Å². The van der Waals surface area contributed by atoms with E-state index in [2.05, 4.69) is 29.3 Å². The van der Waals surface area contributed by atoms with E-state index in [-0.39, 0.29) is 6.61 Å². The zero-order chi connectivity index (χ0) is 12.4. The maximum Gasteiger partial charge on any atom is 0.0681 e. The highest BCUT2D eigenvalue weighted by atomic mass is 32.2. The van der Waals surface area contributed by atoms with Crippen LogP contribution in [0.2, 0.25) is 0 Å². The van der Waals surface area contributed by atoms with Gasteiger partial charge in [-0.2, -0.15) is 0 Å². The average Bonchev–Trinajstić information content (AvgIpc) is 2.86. The maximum absolute atomic E-state index is 9.15. The lowest BCUT2D eigenvalue weighted by molar-refractivity contribution is 0.281. The number of hydrogen-bond donors (Lipinski definition) is 1. The van der Waals surface area contributed by atoms with Crippen LogP contribution >= 0.6 is 11.8 Å². The minimum Gasteiger partial charge on any atom is -0.392 e. The molecular formula is C15H17NOS. The number of hydrogen-bond acceptors (Lipinski definition) is 3. The van der Waals surface area contributed by atoms with Gasteiger partial charge in [0.05, 0.1) is 6.61 Å². The third kappa shape index (κ3) is 2.47. The smallest absolute Gasteiger partial charge is 0.0681 e. The third-order valence-corrected chi connectivity index (χ3v) is 4.54. The summed E-state index contributed by atoms with van der Waals surface area (Å²) in [5, 5.41) is 9.15. The molecule has 0 fully saturated rings. The fraction of sp³-hybridized carbons (Fsp3) is 0.333. The van der Waals surface area contributed by atoms with Gasteiger partial charge in [-0.1, -0.05) is 24.3 Å². The largest absolute Gasteiger partial charge is 0.392 e. The molecular weight excluding hydrogens is 242 g/mol. The van der Waals surface area contributed by atoms with Crippen molar-refractivity contribution in [2.45, 2.75) is 19.6 Å². The zero-order valence-electron chi connectivity index (χ0n) is 10.3. The van der Waals surface area contributed by atoms with Gasteiger partial charge < -0.3 is 10.0 Å². The Bertz CT molecular complexity index is 507. The summed E-state index contributed by atoms with van der Waals surface area (Å²) in [6.07, 6.45) is 5.67. The Balaban J connectivity index is 1.69. The first-order chi connectivity index (χ1) is 8.85. The molecule has 3 heteroatoms. The van der Waals surface area contributed by atoms with Crippen molar-refractivity contribution in [1.82, 2.24) is 4.90 Å². The Hall–Kier alpha value is -1.19. The lowest BCUT2D eigenvalue weighted by Crippen LogP contribution is -2.22. The number of benzene rings is 1. The molecule has 0 radical (unpaired) electrons. The van der Waals surface area contributed by atoms with Gasteiger partial charge in [0.1, 0.15) is 0 Å². The summed E-state index contributed by atoms with van der Waals surface area (Å²) in [6.45, 7) is 2.10. The normalized spacial score (nSPS) is 18.4. The molecule has 0 spiro atoms. The van der Waals surface area contributed by atoms with E-state index in [4.69, 9.17) is 5.11 Å². The molecule has 3 rings (SSSR count). The summed E-state index contributed by atoms with van der Waals surface area (Å²) >= 11 is 1.97. The molecule has 0 atom stereocenters. The second-order valence-electron chi connectivity index (χ2n) is 4.77. The predicted molar refractivity (Wildman–Crippen MR) is 76.0 cm³/mol. The molecule has 2 aliphatic rings. The van der Waals surface area contributed by atoms with Crippen molar-refractivity contribution < 1.29 is 5.11 Å². The Morgan fingerprint density at radius 1 is 1.28 bits per heavy atom. The van der Waals surface area contributed by atoms with Crippen molar-refractivity contribution in [2.75, 3.05) is 12.3 Å². The second-order valence-corrected chi connectivity index (χ2v) is 5.90. The average molecular weight is 259 g/mol. The van der Waals surface area contributed by atoms with Crippen LogP contribution in [0, 0.1) is 0 Å². The van der Waals surface area contributed by atoms with E-state index in [1.165, 1.54) is 22.6 Å². The summed E-state index contributed by atoms with van der Waals surface area (Å²) < 4.78 is 0. The van der Waals surface area contributed by atoms with Crippen molar-refractivity contribution in [3.8, 4) is 0 Å². The first-order valence-corrected chi connectivity index (χ1v) is 7.29. The van der Waals surface area contributed by atoms with Crippen LogP contribution in [0.25, 0.3) is 0 Å². The summed E-state index contributed by atoms with van der Waals surface area (Å²) in [4.78, 5) is 3.83. The van der Waals surface area contributed by atoms with E-state index in [1.54, 1.807) is 5.57 Å².